The predicted octanol–water partition coefficient (Wildman–Crippen LogP) is 1.01. The SMILES string of the molecule is C[C@@H](C(=O)NCCOCC(=O)O)c1ccccc1. The quantitative estimate of drug-likeness (QED) is 0.709. The predicted molar refractivity (Wildman–Crippen MR) is 66.3 cm³/mol. The van der Waals surface area contributed by atoms with E-state index in [2.05, 4.69) is 5.32 Å². The highest BCUT2D eigenvalue weighted by Gasteiger charge is 2.13. The van der Waals surface area contributed by atoms with Crippen LogP contribution in [-0.4, -0.2) is 36.7 Å². The zero-order chi connectivity index (χ0) is 13.4. The van der Waals surface area contributed by atoms with Crippen LogP contribution >= 0.6 is 0 Å². The lowest BCUT2D eigenvalue weighted by Crippen LogP contribution is -2.31. The topological polar surface area (TPSA) is 75.6 Å². The monoisotopic (exact) mass is 251 g/mol. The van der Waals surface area contributed by atoms with Crippen LogP contribution in [0.3, 0.4) is 0 Å². The summed E-state index contributed by atoms with van der Waals surface area (Å²) in [6, 6.07) is 9.45. The summed E-state index contributed by atoms with van der Waals surface area (Å²) in [5, 5.41) is 11.0. The zero-order valence-corrected chi connectivity index (χ0v) is 10.3. The van der Waals surface area contributed by atoms with Crippen molar-refractivity contribution >= 4 is 11.9 Å². The second-order valence-corrected chi connectivity index (χ2v) is 3.87. The van der Waals surface area contributed by atoms with Gasteiger partial charge in [-0.2, -0.15) is 0 Å². The van der Waals surface area contributed by atoms with Gasteiger partial charge >= 0.3 is 5.97 Å². The second kappa shape index (κ2) is 7.45. The average molecular weight is 251 g/mol. The van der Waals surface area contributed by atoms with Gasteiger partial charge in [0.15, 0.2) is 0 Å². The maximum Gasteiger partial charge on any atom is 0.329 e. The molecule has 1 rings (SSSR count). The number of carbonyl (C=O) groups excluding carboxylic acids is 1. The van der Waals surface area contributed by atoms with E-state index in [1.54, 1.807) is 0 Å². The van der Waals surface area contributed by atoms with Crippen molar-refractivity contribution in [2.45, 2.75) is 12.8 Å². The number of hydrogen-bond acceptors (Lipinski definition) is 3. The van der Waals surface area contributed by atoms with Crippen molar-refractivity contribution in [3.05, 3.63) is 35.9 Å². The van der Waals surface area contributed by atoms with E-state index in [0.717, 1.165) is 5.56 Å². The molecule has 0 bridgehead atoms. The van der Waals surface area contributed by atoms with Crippen LogP contribution in [0, 0.1) is 0 Å². The highest BCUT2D eigenvalue weighted by Crippen LogP contribution is 2.13. The van der Waals surface area contributed by atoms with Gasteiger partial charge in [0.05, 0.1) is 12.5 Å². The molecule has 2 N–H and O–H groups in total. The molecule has 0 aliphatic heterocycles. The van der Waals surface area contributed by atoms with E-state index < -0.39 is 5.97 Å². The van der Waals surface area contributed by atoms with Gasteiger partial charge in [-0.1, -0.05) is 30.3 Å². The summed E-state index contributed by atoms with van der Waals surface area (Å²) in [6.07, 6.45) is 0. The zero-order valence-electron chi connectivity index (χ0n) is 10.3. The van der Waals surface area contributed by atoms with Crippen LogP contribution in [-0.2, 0) is 14.3 Å². The van der Waals surface area contributed by atoms with Gasteiger partial charge in [-0.25, -0.2) is 4.79 Å². The molecule has 0 aromatic heterocycles. The van der Waals surface area contributed by atoms with Gasteiger partial charge < -0.3 is 15.2 Å². The molecule has 18 heavy (non-hydrogen) atoms. The molecule has 1 atom stereocenters. The Hall–Kier alpha value is -1.88. The third-order valence-corrected chi connectivity index (χ3v) is 2.46. The number of rotatable bonds is 7. The molecule has 0 heterocycles. The van der Waals surface area contributed by atoms with Gasteiger partial charge in [0.25, 0.3) is 0 Å². The minimum atomic E-state index is -1.01. The third kappa shape index (κ3) is 4.97. The molecule has 1 aromatic rings. The Bertz CT molecular complexity index is 391. The summed E-state index contributed by atoms with van der Waals surface area (Å²) in [4.78, 5) is 21.9. The molecule has 5 heteroatoms. The van der Waals surface area contributed by atoms with Crippen LogP contribution in [0.5, 0.6) is 0 Å². The highest BCUT2D eigenvalue weighted by molar-refractivity contribution is 5.83. The maximum atomic E-state index is 11.8. The van der Waals surface area contributed by atoms with E-state index in [-0.39, 0.29) is 25.0 Å². The van der Waals surface area contributed by atoms with E-state index in [0.29, 0.717) is 6.54 Å². The second-order valence-electron chi connectivity index (χ2n) is 3.87. The Labute approximate surface area is 106 Å². The van der Waals surface area contributed by atoms with Crippen molar-refractivity contribution in [1.82, 2.24) is 5.32 Å². The smallest absolute Gasteiger partial charge is 0.329 e. The Balaban J connectivity index is 2.26. The molecule has 5 nitrogen and oxygen atoms in total. The first-order valence-corrected chi connectivity index (χ1v) is 5.73. The minimum Gasteiger partial charge on any atom is -0.480 e. The van der Waals surface area contributed by atoms with Gasteiger partial charge in [-0.05, 0) is 12.5 Å². The lowest BCUT2D eigenvalue weighted by Gasteiger charge is -2.12. The lowest BCUT2D eigenvalue weighted by molar-refractivity contribution is -0.142. The van der Waals surface area contributed by atoms with Crippen molar-refractivity contribution in [3.63, 3.8) is 0 Å². The number of carboxylic acid groups (broad SMARTS) is 1. The summed E-state index contributed by atoms with van der Waals surface area (Å²) in [5.41, 5.74) is 0.946. The van der Waals surface area contributed by atoms with Crippen molar-refractivity contribution in [1.29, 1.82) is 0 Å². The number of ether oxygens (including phenoxy) is 1. The van der Waals surface area contributed by atoms with Crippen molar-refractivity contribution < 1.29 is 19.4 Å². The summed E-state index contributed by atoms with van der Waals surface area (Å²) in [6.45, 7) is 1.98. The average Bonchev–Trinajstić information content (AvgIpc) is 2.38. The summed E-state index contributed by atoms with van der Waals surface area (Å²) < 4.78 is 4.82. The summed E-state index contributed by atoms with van der Waals surface area (Å²) in [5.74, 6) is -1.34. The first-order valence-electron chi connectivity index (χ1n) is 5.73. The number of hydrogen-bond donors (Lipinski definition) is 2. The van der Waals surface area contributed by atoms with Crippen LogP contribution in [0.4, 0.5) is 0 Å². The molecule has 0 fully saturated rings. The molecule has 0 unspecified atom stereocenters. The minimum absolute atomic E-state index is 0.0971. The van der Waals surface area contributed by atoms with Crippen LogP contribution in [0.2, 0.25) is 0 Å². The molecule has 0 aliphatic carbocycles. The third-order valence-electron chi connectivity index (χ3n) is 2.46. The Kier molecular flexibility index (Phi) is 5.87. The number of carbonyl (C=O) groups is 2. The van der Waals surface area contributed by atoms with Crippen molar-refractivity contribution in [2.75, 3.05) is 19.8 Å². The molecule has 0 spiro atoms. The molecule has 98 valence electrons. The van der Waals surface area contributed by atoms with Gasteiger partial charge in [-0.15, -0.1) is 0 Å². The molecule has 0 aliphatic rings. The number of aliphatic carboxylic acids is 1. The molecule has 0 radical (unpaired) electrons. The van der Waals surface area contributed by atoms with E-state index in [9.17, 15) is 9.59 Å². The van der Waals surface area contributed by atoms with Crippen LogP contribution in [0.1, 0.15) is 18.4 Å². The normalized spacial score (nSPS) is 11.8. The molecular weight excluding hydrogens is 234 g/mol. The van der Waals surface area contributed by atoms with Crippen molar-refractivity contribution in [2.24, 2.45) is 0 Å². The molecule has 1 amide bonds. The fourth-order valence-electron chi connectivity index (χ4n) is 1.45. The van der Waals surface area contributed by atoms with E-state index in [4.69, 9.17) is 9.84 Å². The lowest BCUT2D eigenvalue weighted by atomic mass is 10.0. The Morgan fingerprint density at radius 2 is 2.00 bits per heavy atom. The maximum absolute atomic E-state index is 11.8. The first kappa shape index (κ1) is 14.2. The fraction of sp³-hybridized carbons (Fsp3) is 0.385. The molecule has 0 saturated carbocycles. The summed E-state index contributed by atoms with van der Waals surface area (Å²) >= 11 is 0. The van der Waals surface area contributed by atoms with Crippen LogP contribution < -0.4 is 5.32 Å². The van der Waals surface area contributed by atoms with Crippen LogP contribution in [0.15, 0.2) is 30.3 Å². The van der Waals surface area contributed by atoms with E-state index in [1.165, 1.54) is 0 Å². The van der Waals surface area contributed by atoms with Crippen LogP contribution in [0.25, 0.3) is 0 Å². The largest absolute Gasteiger partial charge is 0.480 e. The van der Waals surface area contributed by atoms with Gasteiger partial charge in [0.1, 0.15) is 6.61 Å². The number of carboxylic acids is 1. The first-order chi connectivity index (χ1) is 8.61. The van der Waals surface area contributed by atoms with Gasteiger partial charge in [0, 0.05) is 6.54 Å². The Morgan fingerprint density at radius 1 is 1.33 bits per heavy atom. The number of nitrogens with one attached hydrogen (secondary N) is 1. The standard InChI is InChI=1S/C13H17NO4/c1-10(11-5-3-2-4-6-11)13(17)14-7-8-18-9-12(15)16/h2-6,10H,7-9H2,1H3,(H,14,17)(H,15,16)/t10-/m1/s1. The molecule has 0 saturated heterocycles. The van der Waals surface area contributed by atoms with Crippen molar-refractivity contribution in [3.8, 4) is 0 Å². The highest BCUT2D eigenvalue weighted by atomic mass is 16.5. The van der Waals surface area contributed by atoms with E-state index in [1.807, 2.05) is 37.3 Å². The van der Waals surface area contributed by atoms with E-state index >= 15 is 0 Å². The van der Waals surface area contributed by atoms with Gasteiger partial charge in [-0.3, -0.25) is 4.79 Å². The fourth-order valence-corrected chi connectivity index (χ4v) is 1.45. The number of benzene rings is 1. The molecule has 1 aromatic carbocycles. The molecular formula is C13H17NO4. The number of amides is 1. The Morgan fingerprint density at radius 3 is 2.61 bits per heavy atom. The van der Waals surface area contributed by atoms with Gasteiger partial charge in [0.2, 0.25) is 5.91 Å². The summed E-state index contributed by atoms with van der Waals surface area (Å²) in [7, 11) is 0.